The van der Waals surface area contributed by atoms with E-state index in [4.69, 9.17) is 13.9 Å². The van der Waals surface area contributed by atoms with Crippen LogP contribution in [0, 0.1) is 6.92 Å². The van der Waals surface area contributed by atoms with Crippen LogP contribution in [-0.2, 0) is 16.0 Å². The van der Waals surface area contributed by atoms with Crippen LogP contribution < -0.4 is 10.4 Å². The Hall–Kier alpha value is -2.34. The standard InChI is InChI=1S/C20H25NO5/c1-4-15-12-18(22)26-17-11-13(2)10-16(19(15)17)25-14(3)20(23)21-6-5-8-24-9-7-21/h10-12,14H,4-9H2,1-3H3. The third kappa shape index (κ3) is 3.90. The molecule has 1 aliphatic rings. The van der Waals surface area contributed by atoms with Gasteiger partial charge in [0.25, 0.3) is 5.91 Å². The van der Waals surface area contributed by atoms with Gasteiger partial charge in [0.05, 0.1) is 12.0 Å². The first-order chi connectivity index (χ1) is 12.5. The van der Waals surface area contributed by atoms with Crippen molar-refractivity contribution in [2.75, 3.05) is 26.3 Å². The second kappa shape index (κ2) is 7.91. The third-order valence-corrected chi connectivity index (χ3v) is 4.60. The summed E-state index contributed by atoms with van der Waals surface area (Å²) in [6.07, 6.45) is 0.874. The Morgan fingerprint density at radius 1 is 1.27 bits per heavy atom. The summed E-state index contributed by atoms with van der Waals surface area (Å²) in [6.45, 7) is 8.13. The topological polar surface area (TPSA) is 69.0 Å². The molecule has 0 spiro atoms. The predicted molar refractivity (Wildman–Crippen MR) is 98.7 cm³/mol. The average molecular weight is 359 g/mol. The zero-order valence-electron chi connectivity index (χ0n) is 15.5. The van der Waals surface area contributed by atoms with Crippen LogP contribution in [0.4, 0.5) is 0 Å². The summed E-state index contributed by atoms with van der Waals surface area (Å²) in [7, 11) is 0. The number of benzene rings is 1. The van der Waals surface area contributed by atoms with Crippen LogP contribution in [0.15, 0.2) is 27.4 Å². The number of amides is 1. The highest BCUT2D eigenvalue weighted by Gasteiger charge is 2.24. The molecular weight excluding hydrogens is 334 g/mol. The predicted octanol–water partition coefficient (Wildman–Crippen LogP) is 2.68. The van der Waals surface area contributed by atoms with Crippen molar-refractivity contribution in [3.05, 3.63) is 39.7 Å². The molecule has 140 valence electrons. The lowest BCUT2D eigenvalue weighted by atomic mass is 10.0. The van der Waals surface area contributed by atoms with E-state index in [0.717, 1.165) is 22.9 Å². The molecule has 6 heteroatoms. The highest BCUT2D eigenvalue weighted by Crippen LogP contribution is 2.31. The van der Waals surface area contributed by atoms with Gasteiger partial charge in [-0.1, -0.05) is 6.92 Å². The third-order valence-electron chi connectivity index (χ3n) is 4.60. The number of nitrogens with zero attached hydrogens (tertiary/aromatic N) is 1. The van der Waals surface area contributed by atoms with Crippen molar-refractivity contribution in [2.24, 2.45) is 0 Å². The number of fused-ring (bicyclic) bond motifs is 1. The number of hydrogen-bond donors (Lipinski definition) is 0. The highest BCUT2D eigenvalue weighted by atomic mass is 16.5. The Labute approximate surface area is 152 Å². The van der Waals surface area contributed by atoms with E-state index in [-0.39, 0.29) is 11.5 Å². The summed E-state index contributed by atoms with van der Waals surface area (Å²) < 4.78 is 16.8. The van der Waals surface area contributed by atoms with E-state index in [0.29, 0.717) is 44.1 Å². The lowest BCUT2D eigenvalue weighted by Crippen LogP contribution is -2.41. The first-order valence-corrected chi connectivity index (χ1v) is 9.10. The molecule has 1 atom stereocenters. The fourth-order valence-electron chi connectivity index (χ4n) is 3.31. The van der Waals surface area contributed by atoms with Gasteiger partial charge in [-0.15, -0.1) is 0 Å². The van der Waals surface area contributed by atoms with Crippen LogP contribution >= 0.6 is 0 Å². The van der Waals surface area contributed by atoms with E-state index in [2.05, 4.69) is 0 Å². The van der Waals surface area contributed by atoms with Crippen LogP contribution in [0.5, 0.6) is 5.75 Å². The maximum absolute atomic E-state index is 12.8. The van der Waals surface area contributed by atoms with E-state index in [1.807, 2.05) is 26.0 Å². The lowest BCUT2D eigenvalue weighted by molar-refractivity contribution is -0.137. The van der Waals surface area contributed by atoms with E-state index >= 15 is 0 Å². The highest BCUT2D eigenvalue weighted by molar-refractivity contribution is 5.88. The van der Waals surface area contributed by atoms with Gasteiger partial charge in [0.1, 0.15) is 11.3 Å². The molecule has 2 aromatic rings. The van der Waals surface area contributed by atoms with Crippen molar-refractivity contribution in [1.29, 1.82) is 0 Å². The smallest absolute Gasteiger partial charge is 0.336 e. The molecule has 1 amide bonds. The molecule has 0 saturated carbocycles. The van der Waals surface area contributed by atoms with Gasteiger partial charge in [-0.05, 0) is 49.9 Å². The van der Waals surface area contributed by atoms with Crippen molar-refractivity contribution in [2.45, 2.75) is 39.7 Å². The maximum Gasteiger partial charge on any atom is 0.336 e. The lowest BCUT2D eigenvalue weighted by Gasteiger charge is -2.24. The van der Waals surface area contributed by atoms with Gasteiger partial charge in [-0.2, -0.15) is 0 Å². The Balaban J connectivity index is 1.92. The quantitative estimate of drug-likeness (QED) is 0.785. The summed E-state index contributed by atoms with van der Waals surface area (Å²) in [6, 6.07) is 5.20. The van der Waals surface area contributed by atoms with Gasteiger partial charge in [0, 0.05) is 25.8 Å². The van der Waals surface area contributed by atoms with Gasteiger partial charge in [-0.25, -0.2) is 4.79 Å². The zero-order valence-corrected chi connectivity index (χ0v) is 15.5. The molecular formula is C20H25NO5. The van der Waals surface area contributed by atoms with Gasteiger partial charge in [-0.3, -0.25) is 4.79 Å². The van der Waals surface area contributed by atoms with Gasteiger partial charge in [0.15, 0.2) is 6.10 Å². The van der Waals surface area contributed by atoms with E-state index < -0.39 is 6.10 Å². The molecule has 0 radical (unpaired) electrons. The zero-order chi connectivity index (χ0) is 18.7. The van der Waals surface area contributed by atoms with Crippen LogP contribution in [0.3, 0.4) is 0 Å². The number of carbonyl (C=O) groups is 1. The normalized spacial score (nSPS) is 16.3. The molecule has 0 bridgehead atoms. The number of aryl methyl sites for hydroxylation is 2. The molecule has 6 nitrogen and oxygen atoms in total. The molecule has 0 N–H and O–H groups in total. The van der Waals surface area contributed by atoms with E-state index in [1.54, 1.807) is 11.8 Å². The fraction of sp³-hybridized carbons (Fsp3) is 0.500. The SMILES string of the molecule is CCc1cc(=O)oc2cc(C)cc(OC(C)C(=O)N3CCCOCC3)c12. The molecule has 1 unspecified atom stereocenters. The first kappa shape index (κ1) is 18.5. The Morgan fingerprint density at radius 3 is 2.85 bits per heavy atom. The number of carbonyl (C=O) groups excluding carboxylic acids is 1. The summed E-state index contributed by atoms with van der Waals surface area (Å²) in [5, 5.41) is 0.761. The Morgan fingerprint density at radius 2 is 2.08 bits per heavy atom. The summed E-state index contributed by atoms with van der Waals surface area (Å²) >= 11 is 0. The molecule has 1 fully saturated rings. The van der Waals surface area contributed by atoms with Crippen LogP contribution in [0.2, 0.25) is 0 Å². The summed E-state index contributed by atoms with van der Waals surface area (Å²) in [5.41, 5.74) is 1.88. The van der Waals surface area contributed by atoms with Gasteiger partial charge >= 0.3 is 5.63 Å². The molecule has 1 saturated heterocycles. The minimum absolute atomic E-state index is 0.0550. The van der Waals surface area contributed by atoms with Crippen molar-refractivity contribution >= 4 is 16.9 Å². The molecule has 26 heavy (non-hydrogen) atoms. The van der Waals surface area contributed by atoms with E-state index in [1.165, 1.54) is 6.07 Å². The average Bonchev–Trinajstić information content (AvgIpc) is 2.88. The number of rotatable bonds is 4. The maximum atomic E-state index is 12.8. The minimum atomic E-state index is -0.630. The molecule has 1 aromatic carbocycles. The van der Waals surface area contributed by atoms with Crippen molar-refractivity contribution in [3.8, 4) is 5.75 Å². The molecule has 3 rings (SSSR count). The fourth-order valence-corrected chi connectivity index (χ4v) is 3.31. The first-order valence-electron chi connectivity index (χ1n) is 9.10. The second-order valence-corrected chi connectivity index (χ2v) is 6.63. The van der Waals surface area contributed by atoms with Crippen LogP contribution in [-0.4, -0.2) is 43.2 Å². The largest absolute Gasteiger partial charge is 0.480 e. The molecule has 1 aromatic heterocycles. The summed E-state index contributed by atoms with van der Waals surface area (Å²) in [4.78, 5) is 26.3. The van der Waals surface area contributed by atoms with Gasteiger partial charge < -0.3 is 18.8 Å². The molecule has 0 aliphatic carbocycles. The van der Waals surface area contributed by atoms with Crippen LogP contribution in [0.1, 0.15) is 31.4 Å². The minimum Gasteiger partial charge on any atom is -0.480 e. The van der Waals surface area contributed by atoms with Crippen molar-refractivity contribution in [1.82, 2.24) is 4.90 Å². The second-order valence-electron chi connectivity index (χ2n) is 6.63. The van der Waals surface area contributed by atoms with Gasteiger partial charge in [0.2, 0.25) is 0 Å². The Bertz CT molecular complexity index is 849. The van der Waals surface area contributed by atoms with E-state index in [9.17, 15) is 9.59 Å². The summed E-state index contributed by atoms with van der Waals surface area (Å²) in [5.74, 6) is 0.521. The Kier molecular flexibility index (Phi) is 5.61. The van der Waals surface area contributed by atoms with Crippen molar-refractivity contribution < 1.29 is 18.7 Å². The van der Waals surface area contributed by atoms with Crippen molar-refractivity contribution in [3.63, 3.8) is 0 Å². The number of hydrogen-bond acceptors (Lipinski definition) is 5. The number of ether oxygens (including phenoxy) is 2. The molecule has 2 heterocycles. The molecule has 1 aliphatic heterocycles. The van der Waals surface area contributed by atoms with Crippen LogP contribution in [0.25, 0.3) is 11.0 Å². The monoisotopic (exact) mass is 359 g/mol.